The van der Waals surface area contributed by atoms with Crippen LogP contribution in [0, 0.1) is 50.7 Å². The summed E-state index contributed by atoms with van der Waals surface area (Å²) in [5, 5.41) is 0. The van der Waals surface area contributed by atoms with Crippen molar-refractivity contribution in [3.63, 3.8) is 0 Å². The molecular weight excluding hydrogens is 348 g/mol. The largest absolute Gasteiger partial charge is 0.0841 e. The minimum absolute atomic E-state index is 0.446. The summed E-state index contributed by atoms with van der Waals surface area (Å²) in [7, 11) is 0. The Morgan fingerprint density at radius 3 is 2.28 bits per heavy atom. The summed E-state index contributed by atoms with van der Waals surface area (Å²) in [4.78, 5) is 0. The highest BCUT2D eigenvalue weighted by molar-refractivity contribution is 5.33. The van der Waals surface area contributed by atoms with E-state index in [9.17, 15) is 0 Å². The highest BCUT2D eigenvalue weighted by atomic mass is 14.7. The molecule has 0 heterocycles. The van der Waals surface area contributed by atoms with Crippen LogP contribution in [0.15, 0.2) is 11.6 Å². The van der Waals surface area contributed by atoms with E-state index in [4.69, 9.17) is 0 Å². The van der Waals surface area contributed by atoms with Crippen LogP contribution in [0.5, 0.6) is 0 Å². The van der Waals surface area contributed by atoms with Gasteiger partial charge in [0.25, 0.3) is 0 Å². The van der Waals surface area contributed by atoms with Crippen LogP contribution in [-0.2, 0) is 0 Å². The molecule has 0 radical (unpaired) electrons. The van der Waals surface area contributed by atoms with Crippen molar-refractivity contribution >= 4 is 0 Å². The van der Waals surface area contributed by atoms with Gasteiger partial charge in [-0.25, -0.2) is 0 Å². The molecule has 0 bridgehead atoms. The zero-order chi connectivity index (χ0) is 20.9. The summed E-state index contributed by atoms with van der Waals surface area (Å²) in [6, 6.07) is 0. The molecule has 0 spiro atoms. The molecule has 0 nitrogen and oxygen atoms in total. The van der Waals surface area contributed by atoms with Crippen molar-refractivity contribution in [2.24, 2.45) is 50.7 Å². The first-order valence-electron chi connectivity index (χ1n) is 13.2. The van der Waals surface area contributed by atoms with Crippen LogP contribution in [0.25, 0.3) is 0 Å². The quantitative estimate of drug-likeness (QED) is 0.359. The second-order valence-corrected chi connectivity index (χ2v) is 14.1. The predicted molar refractivity (Wildman–Crippen MR) is 125 cm³/mol. The van der Waals surface area contributed by atoms with Crippen molar-refractivity contribution in [1.29, 1.82) is 0 Å². The van der Waals surface area contributed by atoms with Crippen LogP contribution in [0.1, 0.15) is 119 Å². The van der Waals surface area contributed by atoms with Crippen LogP contribution in [0.3, 0.4) is 0 Å². The molecule has 7 unspecified atom stereocenters. The number of hydrogen-bond acceptors (Lipinski definition) is 0. The molecule has 4 fully saturated rings. The fourth-order valence-corrected chi connectivity index (χ4v) is 10.9. The van der Waals surface area contributed by atoms with Gasteiger partial charge in [-0.2, -0.15) is 0 Å². The second-order valence-electron chi connectivity index (χ2n) is 14.1. The van der Waals surface area contributed by atoms with Gasteiger partial charge in [0.2, 0.25) is 0 Å². The van der Waals surface area contributed by atoms with Crippen molar-refractivity contribution in [3.05, 3.63) is 11.6 Å². The van der Waals surface area contributed by atoms with Crippen molar-refractivity contribution in [2.75, 3.05) is 0 Å². The van der Waals surface area contributed by atoms with E-state index in [-0.39, 0.29) is 0 Å². The Bertz CT molecular complexity index is 714. The Kier molecular flexibility index (Phi) is 4.38. The zero-order valence-corrected chi connectivity index (χ0v) is 20.7. The summed E-state index contributed by atoms with van der Waals surface area (Å²) in [6.45, 7) is 18.7. The molecule has 29 heavy (non-hydrogen) atoms. The van der Waals surface area contributed by atoms with Gasteiger partial charge >= 0.3 is 0 Å². The van der Waals surface area contributed by atoms with Crippen LogP contribution >= 0.6 is 0 Å². The maximum Gasteiger partial charge on any atom is -0.00564 e. The summed E-state index contributed by atoms with van der Waals surface area (Å²) in [5.74, 6) is 3.58. The van der Waals surface area contributed by atoms with Gasteiger partial charge < -0.3 is 0 Å². The van der Waals surface area contributed by atoms with Gasteiger partial charge in [-0.05, 0) is 102 Å². The Labute approximate surface area is 181 Å². The van der Waals surface area contributed by atoms with E-state index in [1.807, 2.05) is 5.57 Å². The van der Waals surface area contributed by atoms with E-state index in [0.29, 0.717) is 27.1 Å². The SMILES string of the molecule is CC1CCCC2(C)CC[C@]3(C)C(=CCC4C5(C)CCCC(C)(C)C5CCC43C)C12. The first-order valence-corrected chi connectivity index (χ1v) is 13.2. The lowest BCUT2D eigenvalue weighted by atomic mass is 9.34. The molecule has 0 saturated heterocycles. The molecule has 5 aliphatic carbocycles. The third-order valence-electron chi connectivity index (χ3n) is 12.5. The standard InChI is InChI=1S/C29H48/c1-20-10-8-15-26(4)18-19-28(6)21(24(20)26)11-12-23-27(5)16-9-14-25(2,3)22(27)13-17-29(23,28)7/h11,20,22-24H,8-10,12-19H2,1-7H3/t20?,22?,23?,24?,26?,27?,28-,29?/m1/s1. The second kappa shape index (κ2) is 6.16. The fraction of sp³-hybridized carbons (Fsp3) is 0.931. The fourth-order valence-electron chi connectivity index (χ4n) is 10.9. The summed E-state index contributed by atoms with van der Waals surface area (Å²) in [6.07, 6.45) is 18.9. The van der Waals surface area contributed by atoms with Crippen molar-refractivity contribution in [1.82, 2.24) is 0 Å². The van der Waals surface area contributed by atoms with Gasteiger partial charge in [0.15, 0.2) is 0 Å². The molecule has 5 aliphatic rings. The summed E-state index contributed by atoms with van der Waals surface area (Å²) >= 11 is 0. The summed E-state index contributed by atoms with van der Waals surface area (Å²) in [5.41, 5.74) is 4.57. The molecule has 0 aromatic carbocycles. The minimum atomic E-state index is 0.446. The lowest BCUT2D eigenvalue weighted by molar-refractivity contribution is -0.179. The van der Waals surface area contributed by atoms with Crippen molar-refractivity contribution < 1.29 is 0 Å². The molecule has 0 heteroatoms. The van der Waals surface area contributed by atoms with Gasteiger partial charge in [-0.15, -0.1) is 0 Å². The molecule has 0 aromatic heterocycles. The van der Waals surface area contributed by atoms with Crippen molar-refractivity contribution in [3.8, 4) is 0 Å². The Balaban J connectivity index is 1.59. The normalized spacial score (nSPS) is 56.3. The van der Waals surface area contributed by atoms with E-state index >= 15 is 0 Å². The monoisotopic (exact) mass is 396 g/mol. The van der Waals surface area contributed by atoms with E-state index in [0.717, 1.165) is 23.7 Å². The maximum absolute atomic E-state index is 2.85. The molecule has 5 rings (SSSR count). The Hall–Kier alpha value is -0.260. The number of hydrogen-bond donors (Lipinski definition) is 0. The van der Waals surface area contributed by atoms with Gasteiger partial charge in [-0.1, -0.05) is 79.4 Å². The first-order chi connectivity index (χ1) is 13.5. The van der Waals surface area contributed by atoms with E-state index in [1.165, 1.54) is 70.6 Å². The van der Waals surface area contributed by atoms with Crippen LogP contribution in [0.2, 0.25) is 0 Å². The van der Waals surface area contributed by atoms with Gasteiger partial charge in [0.1, 0.15) is 0 Å². The molecule has 0 aromatic rings. The average molecular weight is 397 g/mol. The maximum atomic E-state index is 2.85. The predicted octanol–water partition coefficient (Wildman–Crippen LogP) is 8.81. The van der Waals surface area contributed by atoms with Crippen molar-refractivity contribution in [2.45, 2.75) is 119 Å². The Morgan fingerprint density at radius 2 is 1.52 bits per heavy atom. The molecule has 4 saturated carbocycles. The van der Waals surface area contributed by atoms with E-state index < -0.39 is 0 Å². The number of rotatable bonds is 0. The first kappa shape index (κ1) is 20.6. The average Bonchev–Trinajstić information content (AvgIpc) is 2.62. The lowest BCUT2D eigenvalue weighted by Crippen LogP contribution is -2.63. The zero-order valence-electron chi connectivity index (χ0n) is 20.7. The Morgan fingerprint density at radius 1 is 0.759 bits per heavy atom. The third-order valence-corrected chi connectivity index (χ3v) is 12.5. The topological polar surface area (TPSA) is 0 Å². The highest BCUT2D eigenvalue weighted by Gasteiger charge is 2.66. The van der Waals surface area contributed by atoms with Crippen LogP contribution < -0.4 is 0 Å². The van der Waals surface area contributed by atoms with E-state index in [1.54, 1.807) is 0 Å². The third kappa shape index (κ3) is 2.50. The smallest absolute Gasteiger partial charge is 0.00564 e. The molecule has 0 amide bonds. The van der Waals surface area contributed by atoms with Crippen LogP contribution in [0.4, 0.5) is 0 Å². The molecular formula is C29H48. The lowest BCUT2D eigenvalue weighted by Gasteiger charge is -2.71. The van der Waals surface area contributed by atoms with Gasteiger partial charge in [-0.3, -0.25) is 0 Å². The highest BCUT2D eigenvalue weighted by Crippen LogP contribution is 2.75. The molecule has 0 N–H and O–H groups in total. The molecule has 164 valence electrons. The minimum Gasteiger partial charge on any atom is -0.0841 e. The summed E-state index contributed by atoms with van der Waals surface area (Å²) < 4.78 is 0. The van der Waals surface area contributed by atoms with Gasteiger partial charge in [0.05, 0.1) is 0 Å². The number of allylic oxidation sites excluding steroid dienone is 2. The van der Waals surface area contributed by atoms with Crippen LogP contribution in [-0.4, -0.2) is 0 Å². The number of fused-ring (bicyclic) bond motifs is 7. The van der Waals surface area contributed by atoms with E-state index in [2.05, 4.69) is 54.5 Å². The van der Waals surface area contributed by atoms with Gasteiger partial charge in [0, 0.05) is 0 Å². The molecule has 0 aliphatic heterocycles. The molecule has 8 atom stereocenters.